The summed E-state index contributed by atoms with van der Waals surface area (Å²) in [4.78, 5) is 2.62. The average Bonchev–Trinajstić information content (AvgIpc) is 2.49. The SMILES string of the molecule is CCOC(C)CCCN1CCC(c2ccccc2)CC1. The van der Waals surface area contributed by atoms with Gasteiger partial charge in [0.15, 0.2) is 0 Å². The summed E-state index contributed by atoms with van der Waals surface area (Å²) in [5, 5.41) is 0. The largest absolute Gasteiger partial charge is 0.379 e. The van der Waals surface area contributed by atoms with Crippen molar-refractivity contribution < 1.29 is 4.74 Å². The number of nitrogens with zero attached hydrogens (tertiary/aromatic N) is 1. The maximum absolute atomic E-state index is 5.59. The Hall–Kier alpha value is -0.860. The van der Waals surface area contributed by atoms with Crippen LogP contribution < -0.4 is 0 Å². The van der Waals surface area contributed by atoms with Crippen LogP contribution in [0.3, 0.4) is 0 Å². The van der Waals surface area contributed by atoms with E-state index in [-0.39, 0.29) is 0 Å². The van der Waals surface area contributed by atoms with E-state index >= 15 is 0 Å². The molecular weight excluding hydrogens is 246 g/mol. The molecule has 0 spiro atoms. The van der Waals surface area contributed by atoms with Gasteiger partial charge in [0, 0.05) is 6.61 Å². The highest BCUT2D eigenvalue weighted by molar-refractivity contribution is 5.19. The quantitative estimate of drug-likeness (QED) is 0.743. The molecular formula is C18H29NO. The molecule has 1 atom stereocenters. The molecule has 2 heteroatoms. The Kier molecular flexibility index (Phi) is 6.55. The Labute approximate surface area is 124 Å². The van der Waals surface area contributed by atoms with Gasteiger partial charge in [-0.3, -0.25) is 0 Å². The molecule has 0 bridgehead atoms. The fourth-order valence-corrected chi connectivity index (χ4v) is 3.19. The van der Waals surface area contributed by atoms with Crippen LogP contribution in [0, 0.1) is 0 Å². The molecule has 1 aromatic carbocycles. The first-order valence-electron chi connectivity index (χ1n) is 8.18. The van der Waals surface area contributed by atoms with Crippen LogP contribution in [-0.4, -0.2) is 37.2 Å². The summed E-state index contributed by atoms with van der Waals surface area (Å²) in [5.41, 5.74) is 1.53. The number of hydrogen-bond acceptors (Lipinski definition) is 2. The minimum Gasteiger partial charge on any atom is -0.379 e. The summed E-state index contributed by atoms with van der Waals surface area (Å²) in [6.07, 6.45) is 5.49. The van der Waals surface area contributed by atoms with Gasteiger partial charge in [-0.1, -0.05) is 30.3 Å². The van der Waals surface area contributed by atoms with Gasteiger partial charge in [-0.15, -0.1) is 0 Å². The molecule has 0 aliphatic carbocycles. The molecule has 1 aliphatic heterocycles. The molecule has 1 unspecified atom stereocenters. The Morgan fingerprint density at radius 2 is 1.90 bits per heavy atom. The van der Waals surface area contributed by atoms with Crippen molar-refractivity contribution in [3.8, 4) is 0 Å². The third-order valence-electron chi connectivity index (χ3n) is 4.39. The lowest BCUT2D eigenvalue weighted by molar-refractivity contribution is 0.0654. The standard InChI is InChI=1S/C18H29NO/c1-3-20-16(2)8-7-13-19-14-11-18(12-15-19)17-9-5-4-6-10-17/h4-6,9-10,16,18H,3,7-8,11-15H2,1-2H3. The van der Waals surface area contributed by atoms with Crippen molar-refractivity contribution in [3.05, 3.63) is 35.9 Å². The predicted molar refractivity (Wildman–Crippen MR) is 85.2 cm³/mol. The second-order valence-corrected chi connectivity index (χ2v) is 5.93. The van der Waals surface area contributed by atoms with Crippen molar-refractivity contribution >= 4 is 0 Å². The van der Waals surface area contributed by atoms with E-state index < -0.39 is 0 Å². The molecule has 2 nitrogen and oxygen atoms in total. The third-order valence-corrected chi connectivity index (χ3v) is 4.39. The van der Waals surface area contributed by atoms with Crippen LogP contribution in [0.4, 0.5) is 0 Å². The highest BCUT2D eigenvalue weighted by atomic mass is 16.5. The van der Waals surface area contributed by atoms with Crippen LogP contribution in [0.1, 0.15) is 51.0 Å². The second-order valence-electron chi connectivity index (χ2n) is 5.93. The molecule has 112 valence electrons. The van der Waals surface area contributed by atoms with Crippen molar-refractivity contribution in [2.75, 3.05) is 26.2 Å². The van der Waals surface area contributed by atoms with E-state index in [1.807, 2.05) is 0 Å². The average molecular weight is 275 g/mol. The highest BCUT2D eigenvalue weighted by Gasteiger charge is 2.19. The van der Waals surface area contributed by atoms with Crippen molar-refractivity contribution in [2.24, 2.45) is 0 Å². The molecule has 1 saturated heterocycles. The van der Waals surface area contributed by atoms with E-state index in [1.165, 1.54) is 50.9 Å². The molecule has 0 amide bonds. The zero-order chi connectivity index (χ0) is 14.2. The smallest absolute Gasteiger partial charge is 0.0547 e. The van der Waals surface area contributed by atoms with E-state index in [1.54, 1.807) is 0 Å². The fourth-order valence-electron chi connectivity index (χ4n) is 3.19. The lowest BCUT2D eigenvalue weighted by atomic mass is 9.89. The summed E-state index contributed by atoms with van der Waals surface area (Å²) in [7, 11) is 0. The van der Waals surface area contributed by atoms with Crippen LogP contribution in [0.15, 0.2) is 30.3 Å². The number of likely N-dealkylation sites (tertiary alicyclic amines) is 1. The monoisotopic (exact) mass is 275 g/mol. The van der Waals surface area contributed by atoms with Gasteiger partial charge >= 0.3 is 0 Å². The normalized spacial score (nSPS) is 19.1. The van der Waals surface area contributed by atoms with Crippen LogP contribution in [0.5, 0.6) is 0 Å². The fraction of sp³-hybridized carbons (Fsp3) is 0.667. The molecule has 0 saturated carbocycles. The zero-order valence-electron chi connectivity index (χ0n) is 13.1. The zero-order valence-corrected chi connectivity index (χ0v) is 13.1. The van der Waals surface area contributed by atoms with Crippen LogP contribution in [-0.2, 0) is 4.74 Å². The van der Waals surface area contributed by atoms with E-state index in [0.29, 0.717) is 6.10 Å². The summed E-state index contributed by atoms with van der Waals surface area (Å²) < 4.78 is 5.59. The molecule has 1 aliphatic rings. The first-order valence-corrected chi connectivity index (χ1v) is 8.18. The Morgan fingerprint density at radius 1 is 1.20 bits per heavy atom. The third kappa shape index (κ3) is 4.92. The van der Waals surface area contributed by atoms with Crippen LogP contribution in [0.25, 0.3) is 0 Å². The lowest BCUT2D eigenvalue weighted by Crippen LogP contribution is -2.34. The maximum atomic E-state index is 5.59. The first-order chi connectivity index (χ1) is 9.79. The maximum Gasteiger partial charge on any atom is 0.0547 e. The van der Waals surface area contributed by atoms with Crippen molar-refractivity contribution in [1.29, 1.82) is 0 Å². The number of ether oxygens (including phenoxy) is 1. The topological polar surface area (TPSA) is 12.5 Å². The minimum absolute atomic E-state index is 0.418. The second kappa shape index (κ2) is 8.43. The lowest BCUT2D eigenvalue weighted by Gasteiger charge is -2.32. The minimum atomic E-state index is 0.418. The molecule has 1 heterocycles. The molecule has 1 aromatic rings. The Morgan fingerprint density at radius 3 is 2.55 bits per heavy atom. The number of piperidine rings is 1. The Bertz CT molecular complexity index is 357. The van der Waals surface area contributed by atoms with E-state index in [9.17, 15) is 0 Å². The van der Waals surface area contributed by atoms with E-state index in [0.717, 1.165) is 12.5 Å². The van der Waals surface area contributed by atoms with Gasteiger partial charge in [0.05, 0.1) is 6.10 Å². The number of rotatable bonds is 7. The van der Waals surface area contributed by atoms with Crippen molar-refractivity contribution in [1.82, 2.24) is 4.90 Å². The summed E-state index contributed by atoms with van der Waals surface area (Å²) in [5.74, 6) is 0.773. The Balaban J connectivity index is 1.65. The van der Waals surface area contributed by atoms with Gasteiger partial charge in [0.25, 0.3) is 0 Å². The van der Waals surface area contributed by atoms with Crippen molar-refractivity contribution in [3.63, 3.8) is 0 Å². The summed E-state index contributed by atoms with van der Waals surface area (Å²) in [6.45, 7) is 8.84. The van der Waals surface area contributed by atoms with Crippen LogP contribution in [0.2, 0.25) is 0 Å². The van der Waals surface area contributed by atoms with Gasteiger partial charge in [0.1, 0.15) is 0 Å². The van der Waals surface area contributed by atoms with Gasteiger partial charge in [0.2, 0.25) is 0 Å². The molecule has 0 aromatic heterocycles. The van der Waals surface area contributed by atoms with E-state index in [4.69, 9.17) is 4.74 Å². The highest BCUT2D eigenvalue weighted by Crippen LogP contribution is 2.27. The number of benzene rings is 1. The summed E-state index contributed by atoms with van der Waals surface area (Å²) in [6, 6.07) is 11.0. The molecule has 0 radical (unpaired) electrons. The number of hydrogen-bond donors (Lipinski definition) is 0. The van der Waals surface area contributed by atoms with E-state index in [2.05, 4.69) is 49.1 Å². The summed E-state index contributed by atoms with van der Waals surface area (Å²) >= 11 is 0. The van der Waals surface area contributed by atoms with Crippen molar-refractivity contribution in [2.45, 2.75) is 51.6 Å². The molecule has 20 heavy (non-hydrogen) atoms. The van der Waals surface area contributed by atoms with Gasteiger partial charge in [-0.05, 0) is 70.6 Å². The first kappa shape index (κ1) is 15.5. The molecule has 2 rings (SSSR count). The molecule has 1 fully saturated rings. The van der Waals surface area contributed by atoms with Gasteiger partial charge in [-0.2, -0.15) is 0 Å². The predicted octanol–water partition coefficient (Wildman–Crippen LogP) is 4.07. The van der Waals surface area contributed by atoms with Gasteiger partial charge < -0.3 is 9.64 Å². The molecule has 0 N–H and O–H groups in total. The van der Waals surface area contributed by atoms with Crippen LogP contribution >= 0.6 is 0 Å². The van der Waals surface area contributed by atoms with Gasteiger partial charge in [-0.25, -0.2) is 0 Å².